The number of ether oxygens (including phenoxy) is 4. The third-order valence-corrected chi connectivity index (χ3v) is 27.9. The van der Waals surface area contributed by atoms with Crippen LogP contribution in [0.15, 0.2) is 83.0 Å². The van der Waals surface area contributed by atoms with Crippen molar-refractivity contribution >= 4 is 97.2 Å². The Balaban J connectivity index is 0.000000168. The predicted octanol–water partition coefficient (Wildman–Crippen LogP) is 9.33. The number of carbonyl (C=O) groups is 4. The van der Waals surface area contributed by atoms with Crippen LogP contribution in [0.25, 0.3) is 0 Å². The number of aryl methyl sites for hydroxylation is 8. The summed E-state index contributed by atoms with van der Waals surface area (Å²) in [4.78, 5) is 84.6. The average molecular weight is 1630 g/mol. The highest BCUT2D eigenvalue weighted by atomic mass is 32.2. The van der Waals surface area contributed by atoms with E-state index in [1.807, 2.05) is 83.7 Å². The lowest BCUT2D eigenvalue weighted by Gasteiger charge is -2.38. The molecule has 0 saturated carbocycles. The van der Waals surface area contributed by atoms with Crippen molar-refractivity contribution in [3.05, 3.63) is 172 Å². The summed E-state index contributed by atoms with van der Waals surface area (Å²) >= 11 is 4.37. The average Bonchev–Trinajstić information content (AvgIpc) is 1.21. The summed E-state index contributed by atoms with van der Waals surface area (Å²) in [7, 11) is -12.8. The fourth-order valence-electron chi connectivity index (χ4n) is 11.4. The van der Waals surface area contributed by atoms with Gasteiger partial charge < -0.3 is 18.9 Å². The molecule has 35 heteroatoms. The molecule has 0 unspecified atom stereocenters. The molecule has 12 heterocycles. The number of sulfonamides is 4. The van der Waals surface area contributed by atoms with Crippen LogP contribution in [0.3, 0.4) is 0 Å². The maximum absolute atomic E-state index is 12.6. The summed E-state index contributed by atoms with van der Waals surface area (Å²) in [5, 5.41) is 8.02. The summed E-state index contributed by atoms with van der Waals surface area (Å²) in [6.07, 6.45) is 2.88. The van der Waals surface area contributed by atoms with E-state index in [-0.39, 0.29) is 102 Å². The van der Waals surface area contributed by atoms with Gasteiger partial charge in [0.05, 0.1) is 101 Å². The van der Waals surface area contributed by atoms with E-state index >= 15 is 0 Å². The highest BCUT2D eigenvalue weighted by Gasteiger charge is 2.40. The summed E-state index contributed by atoms with van der Waals surface area (Å²) < 4.78 is 125. The third kappa shape index (κ3) is 24.8. The number of nitrogens with zero attached hydrogens (tertiary/aromatic N) is 12. The molecule has 8 aromatic rings. The number of Topliss-reactive ketones (excluding diaryl/α,β-unsaturated/α-hetero) is 4. The lowest BCUT2D eigenvalue weighted by Crippen LogP contribution is -2.56. The zero-order valence-electron chi connectivity index (χ0n) is 63.5. The Bertz CT molecular complexity index is 5010. The Morgan fingerprint density at radius 3 is 0.954 bits per heavy atom. The lowest BCUT2D eigenvalue weighted by atomic mass is 10.1. The van der Waals surface area contributed by atoms with E-state index in [2.05, 4.69) is 39.9 Å². The van der Waals surface area contributed by atoms with E-state index in [9.17, 15) is 52.8 Å². The molecule has 0 spiro atoms. The van der Waals surface area contributed by atoms with Gasteiger partial charge in [-0.15, -0.1) is 34.0 Å². The molecule has 0 aromatic carbocycles. The highest BCUT2D eigenvalue weighted by Crippen LogP contribution is 2.29. The van der Waals surface area contributed by atoms with Crippen molar-refractivity contribution in [3.8, 4) is 23.0 Å². The Hall–Kier alpha value is -7.84. The van der Waals surface area contributed by atoms with Gasteiger partial charge in [0.25, 0.3) is 0 Å². The van der Waals surface area contributed by atoms with Crippen molar-refractivity contribution in [2.45, 2.75) is 153 Å². The Kier molecular flexibility index (Phi) is 29.3. The molecule has 12 rings (SSSR count). The minimum Gasteiger partial charge on any atom is -0.488 e. The van der Waals surface area contributed by atoms with Crippen LogP contribution in [0.5, 0.6) is 23.0 Å². The van der Waals surface area contributed by atoms with E-state index in [1.165, 1.54) is 51.2 Å². The quantitative estimate of drug-likeness (QED) is 0.0365. The van der Waals surface area contributed by atoms with E-state index in [1.54, 1.807) is 89.3 Å². The van der Waals surface area contributed by atoms with Crippen molar-refractivity contribution in [1.29, 1.82) is 0 Å². The minimum atomic E-state index is -3.23. The van der Waals surface area contributed by atoms with E-state index in [0.29, 0.717) is 139 Å². The van der Waals surface area contributed by atoms with Gasteiger partial charge in [-0.05, 0) is 92.7 Å². The van der Waals surface area contributed by atoms with Gasteiger partial charge in [0, 0.05) is 116 Å². The summed E-state index contributed by atoms with van der Waals surface area (Å²) in [5.41, 5.74) is 8.49. The molecule has 4 fully saturated rings. The first kappa shape index (κ1) is 85.2. The Labute approximate surface area is 650 Å². The van der Waals surface area contributed by atoms with Crippen LogP contribution in [0.2, 0.25) is 0 Å². The van der Waals surface area contributed by atoms with Crippen LogP contribution >= 0.6 is 34.0 Å². The van der Waals surface area contributed by atoms with E-state index in [0.717, 1.165) is 37.7 Å². The van der Waals surface area contributed by atoms with Gasteiger partial charge in [0.15, 0.2) is 23.1 Å². The number of pyridine rings is 5. The molecule has 0 aliphatic carbocycles. The zero-order valence-corrected chi connectivity index (χ0v) is 69.2. The standard InChI is InChI=1S/C20H25N3O4S.C19H25N3O4S2.C18H23N3O4S2.C17H21N3O4S2/c1-4-7-28(25,26)23-12-18(13-23)27-17-8-15(3)22-19(10-17)20(24)9-16-6-5-14(2)11-21-16;1-12(2)11-28(24,25)22-8-16(9-22)26-15-5-13(3)20-17(6-15)18(23)7-19-21-14(4)10-27-19;1-4-5-27(23,24)21-9-15(10-21)25-14-6-12(2)19-16(7-14)17(22)8-18-20-13(3)11-26-18;1-4-26(22,23)20-8-14(9-20)24-13-5-11(2)18-15(6-13)16(21)7-17-19-12(3)10-25-17/h5-6,8,10-11,18H,4,7,9,12-13H2,1-3H3;5-6,10,12,16H,7-9,11H2,1-4H3;6-7,11,15H,4-5,8-10H2,1-3H3;5-6,10,14H,4,7-9H2,1-3H3. The second-order valence-electron chi connectivity index (χ2n) is 27.6. The third-order valence-electron chi connectivity index (χ3n) is 17.0. The fraction of sp³-hybridized carbons (Fsp3) is 0.486. The maximum atomic E-state index is 12.6. The second kappa shape index (κ2) is 37.5. The maximum Gasteiger partial charge on any atom is 0.214 e. The van der Waals surface area contributed by atoms with Gasteiger partial charge in [-0.1, -0.05) is 33.8 Å². The van der Waals surface area contributed by atoms with E-state index < -0.39 is 40.1 Å². The zero-order chi connectivity index (χ0) is 79.3. The largest absolute Gasteiger partial charge is 0.488 e. The summed E-state index contributed by atoms with van der Waals surface area (Å²) in [5.74, 6) is 2.30. The van der Waals surface area contributed by atoms with Gasteiger partial charge in [0.2, 0.25) is 40.1 Å². The molecule has 4 aliphatic heterocycles. The van der Waals surface area contributed by atoms with E-state index in [4.69, 9.17) is 18.9 Å². The van der Waals surface area contributed by atoms with Crippen LogP contribution in [0, 0.1) is 61.3 Å². The van der Waals surface area contributed by atoms with Crippen LogP contribution in [-0.2, 0) is 65.8 Å². The van der Waals surface area contributed by atoms with Gasteiger partial charge in [0.1, 0.15) is 85.2 Å². The number of rotatable bonds is 31. The topological polar surface area (TPSA) is 358 Å². The van der Waals surface area contributed by atoms with Gasteiger partial charge in [-0.2, -0.15) is 17.2 Å². The molecular formula is C74H94N12O16S7. The molecule has 4 aliphatic rings. The number of thiazole rings is 3. The minimum absolute atomic E-state index is 0.0861. The number of ketones is 4. The molecular weight excluding hydrogens is 1540 g/mol. The molecule has 0 bridgehead atoms. The number of aromatic nitrogens is 8. The van der Waals surface area contributed by atoms with Crippen molar-refractivity contribution in [2.75, 3.05) is 75.4 Å². The van der Waals surface area contributed by atoms with Crippen molar-refractivity contribution in [3.63, 3.8) is 0 Å². The van der Waals surface area contributed by atoms with Crippen LogP contribution in [-0.4, -0.2) is 214 Å². The second-order valence-corrected chi connectivity index (χ2v) is 38.9. The molecule has 28 nitrogen and oxygen atoms in total. The smallest absolute Gasteiger partial charge is 0.214 e. The lowest BCUT2D eigenvalue weighted by molar-refractivity contribution is 0.0756. The molecule has 0 N–H and O–H groups in total. The summed E-state index contributed by atoms with van der Waals surface area (Å²) in [6, 6.07) is 17.3. The molecule has 0 atom stereocenters. The van der Waals surface area contributed by atoms with Gasteiger partial charge in [-0.25, -0.2) is 68.6 Å². The number of carbonyl (C=O) groups excluding carboxylic acids is 4. The van der Waals surface area contributed by atoms with Crippen molar-refractivity contribution in [1.82, 2.24) is 57.1 Å². The van der Waals surface area contributed by atoms with Crippen LogP contribution < -0.4 is 18.9 Å². The molecule has 8 aromatic heterocycles. The first-order valence-electron chi connectivity index (χ1n) is 35.7. The molecule has 588 valence electrons. The van der Waals surface area contributed by atoms with Crippen LogP contribution in [0.4, 0.5) is 0 Å². The SMILES string of the molecule is CCCS(=O)(=O)N1CC(Oc2cc(C)nc(C(=O)Cc3ccc(C)cn3)c2)C1.CCCS(=O)(=O)N1CC(Oc2cc(C)nc(C(=O)Cc3nc(C)cs3)c2)C1.CCS(=O)(=O)N1CC(Oc2cc(C)nc(C(=O)Cc3nc(C)cs3)c2)C1.Cc1cc(OC2CN(S(=O)(=O)CC(C)C)C2)cc(C(=O)Cc2nc(C)cs2)n1. The molecule has 0 radical (unpaired) electrons. The number of hydrogen-bond acceptors (Lipinski definition) is 27. The molecule has 4 saturated heterocycles. The Morgan fingerprint density at radius 2 is 0.697 bits per heavy atom. The van der Waals surface area contributed by atoms with Gasteiger partial charge >= 0.3 is 0 Å². The number of hydrogen-bond donors (Lipinski definition) is 0. The molecule has 109 heavy (non-hydrogen) atoms. The normalized spacial score (nSPS) is 15.5. The fourth-order valence-corrected chi connectivity index (χ4v) is 19.9. The van der Waals surface area contributed by atoms with Gasteiger partial charge in [-0.3, -0.25) is 24.2 Å². The first-order valence-corrected chi connectivity index (χ1v) is 44.8. The molecule has 0 amide bonds. The first-order chi connectivity index (χ1) is 51.4. The summed E-state index contributed by atoms with van der Waals surface area (Å²) in [6.45, 7) is 26.6. The van der Waals surface area contributed by atoms with Crippen molar-refractivity contribution in [2.24, 2.45) is 5.92 Å². The highest BCUT2D eigenvalue weighted by molar-refractivity contribution is 7.89. The Morgan fingerprint density at radius 1 is 0.404 bits per heavy atom. The monoisotopic (exact) mass is 1630 g/mol. The predicted molar refractivity (Wildman–Crippen MR) is 418 cm³/mol. The van der Waals surface area contributed by atoms with Crippen molar-refractivity contribution < 1.29 is 71.8 Å². The van der Waals surface area contributed by atoms with Crippen LogP contribution in [0.1, 0.15) is 156 Å².